The van der Waals surface area contributed by atoms with Gasteiger partial charge < -0.3 is 0 Å². The lowest BCUT2D eigenvalue weighted by atomic mass is 10.3. The lowest BCUT2D eigenvalue weighted by Crippen LogP contribution is -1.90. The molecule has 0 spiro atoms. The van der Waals surface area contributed by atoms with Crippen LogP contribution in [-0.2, 0) is 0 Å². The minimum atomic E-state index is 0.577. The third-order valence-electron chi connectivity index (χ3n) is 2.76. The zero-order valence-electron chi connectivity index (χ0n) is 9.51. The van der Waals surface area contributed by atoms with E-state index < -0.39 is 0 Å². The van der Waals surface area contributed by atoms with E-state index in [1.165, 1.54) is 0 Å². The Morgan fingerprint density at radius 2 is 2.33 bits per heavy atom. The summed E-state index contributed by atoms with van der Waals surface area (Å²) in [6.45, 7) is 2.01. The number of pyridine rings is 1. The highest BCUT2D eigenvalue weighted by atomic mass is 79.9. The maximum Gasteiger partial charge on any atom is 0.153 e. The van der Waals surface area contributed by atoms with Gasteiger partial charge in [0.2, 0.25) is 0 Å². The molecule has 88 valence electrons. The Hall–Kier alpha value is -1.64. The van der Waals surface area contributed by atoms with Gasteiger partial charge in [0.15, 0.2) is 5.69 Å². The molecule has 0 aliphatic carbocycles. The molecule has 0 saturated carbocycles. The molecule has 0 aromatic carbocycles. The summed E-state index contributed by atoms with van der Waals surface area (Å²) < 4.78 is 2.80. The molecule has 3 nitrogen and oxygen atoms in total. The monoisotopic (exact) mass is 317 g/mol. The van der Waals surface area contributed by atoms with Gasteiger partial charge in [-0.3, -0.25) is 4.40 Å². The maximum absolute atomic E-state index is 9.34. The van der Waals surface area contributed by atoms with Crippen molar-refractivity contribution in [2.24, 2.45) is 0 Å². The molecule has 0 N–H and O–H groups in total. The van der Waals surface area contributed by atoms with Crippen LogP contribution < -0.4 is 0 Å². The minimum absolute atomic E-state index is 0.577. The van der Waals surface area contributed by atoms with Gasteiger partial charge in [-0.1, -0.05) is 6.07 Å². The van der Waals surface area contributed by atoms with Gasteiger partial charge in [-0.15, -0.1) is 11.3 Å². The largest absolute Gasteiger partial charge is 0.290 e. The average Bonchev–Trinajstić information content (AvgIpc) is 2.96. The molecule has 3 aromatic rings. The summed E-state index contributed by atoms with van der Waals surface area (Å²) in [7, 11) is 0. The van der Waals surface area contributed by atoms with E-state index in [4.69, 9.17) is 0 Å². The van der Waals surface area contributed by atoms with Crippen molar-refractivity contribution in [3.05, 3.63) is 45.5 Å². The van der Waals surface area contributed by atoms with Crippen LogP contribution in [0.5, 0.6) is 0 Å². The standard InChI is InChI=1S/C13H8BrN3S/c1-8-5-12-16-13(11-3-2-4-18-11)10(6-15)17(12)7-9(8)14/h2-5,7H,1H3. The van der Waals surface area contributed by atoms with Crippen LogP contribution in [0, 0.1) is 18.3 Å². The fourth-order valence-electron chi connectivity index (χ4n) is 1.85. The minimum Gasteiger partial charge on any atom is -0.290 e. The summed E-state index contributed by atoms with van der Waals surface area (Å²) in [5.41, 5.74) is 3.24. The first-order chi connectivity index (χ1) is 8.70. The number of aryl methyl sites for hydroxylation is 1. The predicted molar refractivity (Wildman–Crippen MR) is 75.7 cm³/mol. The van der Waals surface area contributed by atoms with E-state index in [0.717, 1.165) is 26.3 Å². The lowest BCUT2D eigenvalue weighted by molar-refractivity contribution is 1.13. The number of nitrogens with zero attached hydrogens (tertiary/aromatic N) is 3. The van der Waals surface area contributed by atoms with Gasteiger partial charge in [0.25, 0.3) is 0 Å². The van der Waals surface area contributed by atoms with Crippen LogP contribution in [-0.4, -0.2) is 9.38 Å². The summed E-state index contributed by atoms with van der Waals surface area (Å²) in [5.74, 6) is 0. The normalized spacial score (nSPS) is 10.7. The van der Waals surface area contributed by atoms with Gasteiger partial charge in [0.05, 0.1) is 4.88 Å². The van der Waals surface area contributed by atoms with Crippen molar-refractivity contribution in [3.63, 3.8) is 0 Å². The topological polar surface area (TPSA) is 41.1 Å². The SMILES string of the molecule is Cc1cc2nc(-c3cccs3)c(C#N)n2cc1Br. The number of hydrogen-bond acceptors (Lipinski definition) is 3. The van der Waals surface area contributed by atoms with E-state index in [0.29, 0.717) is 5.69 Å². The number of thiophene rings is 1. The molecule has 3 rings (SSSR count). The first-order valence-corrected chi connectivity index (χ1v) is 7.00. The Bertz CT molecular complexity index is 766. The molecule has 0 atom stereocenters. The molecule has 18 heavy (non-hydrogen) atoms. The van der Waals surface area contributed by atoms with E-state index >= 15 is 0 Å². The Kier molecular flexibility index (Phi) is 2.69. The van der Waals surface area contributed by atoms with Crippen molar-refractivity contribution in [1.82, 2.24) is 9.38 Å². The van der Waals surface area contributed by atoms with Crippen molar-refractivity contribution in [2.45, 2.75) is 6.92 Å². The highest BCUT2D eigenvalue weighted by Crippen LogP contribution is 2.29. The average molecular weight is 318 g/mol. The number of hydrogen-bond donors (Lipinski definition) is 0. The Morgan fingerprint density at radius 1 is 1.50 bits per heavy atom. The van der Waals surface area contributed by atoms with Crippen LogP contribution in [0.25, 0.3) is 16.2 Å². The number of imidazole rings is 1. The molecule has 0 radical (unpaired) electrons. The van der Waals surface area contributed by atoms with E-state index in [1.54, 1.807) is 11.3 Å². The number of aromatic nitrogens is 2. The van der Waals surface area contributed by atoms with Gasteiger partial charge in [-0.05, 0) is 45.9 Å². The smallest absolute Gasteiger partial charge is 0.153 e. The van der Waals surface area contributed by atoms with Crippen LogP contribution in [0.1, 0.15) is 11.3 Å². The third-order valence-corrected chi connectivity index (χ3v) is 4.47. The van der Waals surface area contributed by atoms with Gasteiger partial charge >= 0.3 is 0 Å². The summed E-state index contributed by atoms with van der Waals surface area (Å²) in [5, 5.41) is 11.3. The molecule has 0 fully saturated rings. The molecule has 0 unspecified atom stereocenters. The second-order valence-electron chi connectivity index (χ2n) is 3.93. The molecule has 3 heterocycles. The third kappa shape index (κ3) is 1.65. The fraction of sp³-hybridized carbons (Fsp3) is 0.0769. The van der Waals surface area contributed by atoms with Crippen LogP contribution in [0.15, 0.2) is 34.2 Å². The molecule has 5 heteroatoms. The van der Waals surface area contributed by atoms with E-state index in [1.807, 2.05) is 41.1 Å². The molecular formula is C13H8BrN3S. The zero-order valence-corrected chi connectivity index (χ0v) is 11.9. The van der Waals surface area contributed by atoms with E-state index in [2.05, 4.69) is 27.0 Å². The molecule has 0 aliphatic heterocycles. The highest BCUT2D eigenvalue weighted by molar-refractivity contribution is 9.10. The Morgan fingerprint density at radius 3 is 3.00 bits per heavy atom. The number of rotatable bonds is 1. The second-order valence-corrected chi connectivity index (χ2v) is 5.73. The first kappa shape index (κ1) is 11.5. The van der Waals surface area contributed by atoms with Gasteiger partial charge in [-0.2, -0.15) is 5.26 Å². The van der Waals surface area contributed by atoms with Crippen molar-refractivity contribution in [2.75, 3.05) is 0 Å². The highest BCUT2D eigenvalue weighted by Gasteiger charge is 2.15. The molecule has 0 amide bonds. The van der Waals surface area contributed by atoms with Crippen molar-refractivity contribution in [3.8, 4) is 16.6 Å². The van der Waals surface area contributed by atoms with E-state index in [-0.39, 0.29) is 0 Å². The van der Waals surface area contributed by atoms with Crippen LogP contribution in [0.4, 0.5) is 0 Å². The predicted octanol–water partition coefficient (Wildman–Crippen LogP) is 4.01. The molecule has 0 saturated heterocycles. The second kappa shape index (κ2) is 4.23. The maximum atomic E-state index is 9.34. The van der Waals surface area contributed by atoms with Crippen molar-refractivity contribution >= 4 is 32.9 Å². The summed E-state index contributed by atoms with van der Waals surface area (Å²) in [6, 6.07) is 8.16. The summed E-state index contributed by atoms with van der Waals surface area (Å²) >= 11 is 5.07. The van der Waals surface area contributed by atoms with Gasteiger partial charge in [0, 0.05) is 10.7 Å². The zero-order chi connectivity index (χ0) is 12.7. The van der Waals surface area contributed by atoms with Crippen LogP contribution in [0.2, 0.25) is 0 Å². The summed E-state index contributed by atoms with van der Waals surface area (Å²) in [6.07, 6.45) is 1.90. The van der Waals surface area contributed by atoms with Gasteiger partial charge in [0.1, 0.15) is 17.4 Å². The number of halogens is 1. The quantitative estimate of drug-likeness (QED) is 0.680. The van der Waals surface area contributed by atoms with Crippen LogP contribution in [0.3, 0.4) is 0 Å². The van der Waals surface area contributed by atoms with Crippen molar-refractivity contribution < 1.29 is 0 Å². The molecule has 0 aliphatic rings. The Labute approximate surface area is 116 Å². The first-order valence-electron chi connectivity index (χ1n) is 5.33. The Balaban J connectivity index is 2.38. The lowest BCUT2D eigenvalue weighted by Gasteiger charge is -1.99. The molecule has 0 bridgehead atoms. The summed E-state index contributed by atoms with van der Waals surface area (Å²) in [4.78, 5) is 5.58. The number of nitriles is 1. The van der Waals surface area contributed by atoms with Gasteiger partial charge in [-0.25, -0.2) is 4.98 Å². The fourth-order valence-corrected chi connectivity index (χ4v) is 2.89. The number of fused-ring (bicyclic) bond motifs is 1. The van der Waals surface area contributed by atoms with E-state index in [9.17, 15) is 5.26 Å². The molecule has 3 aromatic heterocycles. The van der Waals surface area contributed by atoms with Crippen molar-refractivity contribution in [1.29, 1.82) is 5.26 Å². The molecular weight excluding hydrogens is 310 g/mol. The van der Waals surface area contributed by atoms with Crippen LogP contribution >= 0.6 is 27.3 Å².